The van der Waals surface area contributed by atoms with E-state index in [4.69, 9.17) is 9.72 Å². The van der Waals surface area contributed by atoms with Crippen LogP contribution in [-0.2, 0) is 4.74 Å². The average molecular weight is 429 g/mol. The number of hydrogen-bond acceptors (Lipinski definition) is 5. The Bertz CT molecular complexity index is 888. The van der Waals surface area contributed by atoms with E-state index in [1.165, 1.54) is 5.56 Å². The third-order valence-electron chi connectivity index (χ3n) is 5.43. The van der Waals surface area contributed by atoms with E-state index in [0.29, 0.717) is 11.8 Å². The highest BCUT2D eigenvalue weighted by Gasteiger charge is 2.40. The van der Waals surface area contributed by atoms with Gasteiger partial charge in [-0.3, -0.25) is 4.90 Å². The molecule has 4 rings (SSSR count). The molecule has 4 nitrogen and oxygen atoms in total. The Balaban J connectivity index is 1.55. The molecule has 1 aromatic heterocycles. The number of ether oxygens (including phenoxy) is 1. The Morgan fingerprint density at radius 3 is 2.72 bits per heavy atom. The lowest BCUT2D eigenvalue weighted by Gasteiger charge is -2.29. The van der Waals surface area contributed by atoms with Gasteiger partial charge in [0.1, 0.15) is 10.6 Å². The van der Waals surface area contributed by atoms with Gasteiger partial charge in [0, 0.05) is 17.8 Å². The highest BCUT2D eigenvalue weighted by atomic mass is 32.2. The number of carbonyl (C=O) groups is 1. The average Bonchev–Trinajstić information content (AvgIpc) is 3.39. The second kappa shape index (κ2) is 8.15. The molecule has 4 atom stereocenters. The fraction of sp³-hybridized carbons (Fsp3) is 0.478. The van der Waals surface area contributed by atoms with Crippen LogP contribution in [0.1, 0.15) is 67.6 Å². The van der Waals surface area contributed by atoms with E-state index in [0.717, 1.165) is 23.7 Å². The fourth-order valence-electron chi connectivity index (χ4n) is 4.03. The maximum Gasteiger partial charge on any atom is 0.410 e. The van der Waals surface area contributed by atoms with E-state index in [9.17, 15) is 4.79 Å². The van der Waals surface area contributed by atoms with Gasteiger partial charge in [-0.05, 0) is 44.1 Å². The summed E-state index contributed by atoms with van der Waals surface area (Å²) in [5.41, 5.74) is 1.94. The van der Waals surface area contributed by atoms with Crippen LogP contribution >= 0.6 is 23.1 Å². The van der Waals surface area contributed by atoms with Crippen LogP contribution in [0.3, 0.4) is 0 Å². The molecule has 0 spiro atoms. The number of hydrogen-bond donors (Lipinski definition) is 0. The molecule has 0 aliphatic carbocycles. The molecule has 0 saturated carbocycles. The zero-order valence-electron chi connectivity index (χ0n) is 17.4. The topological polar surface area (TPSA) is 42.4 Å². The summed E-state index contributed by atoms with van der Waals surface area (Å²) < 4.78 is 5.65. The number of likely N-dealkylation sites (tertiary alicyclic amines) is 1. The number of amides is 1. The number of allylic oxidation sites excluding steroid dienone is 1. The van der Waals surface area contributed by atoms with Crippen molar-refractivity contribution in [3.63, 3.8) is 0 Å². The molecule has 2 aromatic rings. The van der Waals surface area contributed by atoms with Crippen molar-refractivity contribution < 1.29 is 9.53 Å². The van der Waals surface area contributed by atoms with Crippen molar-refractivity contribution >= 4 is 29.2 Å². The van der Waals surface area contributed by atoms with E-state index in [-0.39, 0.29) is 17.4 Å². The Labute approximate surface area is 181 Å². The van der Waals surface area contributed by atoms with Gasteiger partial charge in [-0.15, -0.1) is 23.1 Å². The Hall–Kier alpha value is -1.79. The second-order valence-corrected chi connectivity index (χ2v) is 10.8. The van der Waals surface area contributed by atoms with Crippen molar-refractivity contribution in [2.75, 3.05) is 6.54 Å². The van der Waals surface area contributed by atoms with E-state index in [1.807, 2.05) is 37.4 Å². The van der Waals surface area contributed by atoms with E-state index in [1.54, 1.807) is 11.3 Å². The maximum atomic E-state index is 12.8. The van der Waals surface area contributed by atoms with Crippen LogP contribution in [0.5, 0.6) is 0 Å². The third-order valence-corrected chi connectivity index (χ3v) is 7.51. The normalized spacial score (nSPS) is 26.8. The van der Waals surface area contributed by atoms with Crippen LogP contribution in [0.2, 0.25) is 0 Å². The zero-order valence-corrected chi connectivity index (χ0v) is 19.0. The van der Waals surface area contributed by atoms with Gasteiger partial charge < -0.3 is 4.74 Å². The highest BCUT2D eigenvalue weighted by Crippen LogP contribution is 2.49. The minimum atomic E-state index is -0.490. The Morgan fingerprint density at radius 2 is 2.00 bits per heavy atom. The monoisotopic (exact) mass is 428 g/mol. The van der Waals surface area contributed by atoms with Crippen molar-refractivity contribution in [1.82, 2.24) is 9.88 Å². The summed E-state index contributed by atoms with van der Waals surface area (Å²) in [6.45, 7) is 8.66. The standard InChI is InChI=1S/C23H28N2O2S2/c1-15-10-12-25(22(26)27-23(2,3)4)19(15)21-24-18(14-29-21)20-17(11-13-28-20)16-8-6-5-7-9-16/h5-9,11,13-15,17,19-20H,10,12H2,1-4H3/t15-,17?,19-,20?/m0/s1. The first kappa shape index (κ1) is 20.5. The number of nitrogens with zero attached hydrogens (tertiary/aromatic N) is 2. The molecule has 0 radical (unpaired) electrons. The van der Waals surface area contributed by atoms with Crippen molar-refractivity contribution in [3.05, 3.63) is 63.5 Å². The third kappa shape index (κ3) is 4.38. The molecular formula is C23H28N2O2S2. The van der Waals surface area contributed by atoms with Gasteiger partial charge in [-0.1, -0.05) is 43.3 Å². The summed E-state index contributed by atoms with van der Waals surface area (Å²) in [6.07, 6.45) is 3.02. The highest BCUT2D eigenvalue weighted by molar-refractivity contribution is 8.02. The van der Waals surface area contributed by atoms with Gasteiger partial charge >= 0.3 is 6.09 Å². The number of benzene rings is 1. The van der Waals surface area contributed by atoms with Gasteiger partial charge in [0.25, 0.3) is 0 Å². The summed E-state index contributed by atoms with van der Waals surface area (Å²) in [4.78, 5) is 19.7. The lowest BCUT2D eigenvalue weighted by atomic mass is 9.94. The molecule has 0 bridgehead atoms. The molecule has 1 fully saturated rings. The summed E-state index contributed by atoms with van der Waals surface area (Å²) in [5, 5.41) is 5.67. The zero-order chi connectivity index (χ0) is 20.6. The van der Waals surface area contributed by atoms with Crippen LogP contribution in [-0.4, -0.2) is 28.1 Å². The molecule has 1 amide bonds. The van der Waals surface area contributed by atoms with Crippen LogP contribution in [0, 0.1) is 5.92 Å². The van der Waals surface area contributed by atoms with Crippen LogP contribution in [0.15, 0.2) is 47.2 Å². The molecular weight excluding hydrogens is 400 g/mol. The molecule has 2 aliphatic heterocycles. The first-order valence-electron chi connectivity index (χ1n) is 10.2. The van der Waals surface area contributed by atoms with Crippen LogP contribution in [0.4, 0.5) is 4.79 Å². The summed E-state index contributed by atoms with van der Waals surface area (Å²) in [7, 11) is 0. The van der Waals surface area contributed by atoms with Gasteiger partial charge in [-0.25, -0.2) is 9.78 Å². The fourth-order valence-corrected chi connectivity index (χ4v) is 6.32. The quantitative estimate of drug-likeness (QED) is 0.556. The smallest absolute Gasteiger partial charge is 0.410 e. The predicted molar refractivity (Wildman–Crippen MR) is 120 cm³/mol. The SMILES string of the molecule is C[C@H]1CCN(C(=O)OC(C)(C)C)[C@@H]1c1nc(C2SC=CC2c2ccccc2)cs1. The van der Waals surface area contributed by atoms with E-state index in [2.05, 4.69) is 54.1 Å². The van der Waals surface area contributed by atoms with Crippen molar-refractivity contribution in [3.8, 4) is 0 Å². The van der Waals surface area contributed by atoms with E-state index < -0.39 is 5.60 Å². The first-order chi connectivity index (χ1) is 13.8. The molecule has 2 aliphatic rings. The Kier molecular flexibility index (Phi) is 5.76. The lowest BCUT2D eigenvalue weighted by Crippen LogP contribution is -2.37. The van der Waals surface area contributed by atoms with Crippen molar-refractivity contribution in [1.29, 1.82) is 0 Å². The predicted octanol–water partition coefficient (Wildman–Crippen LogP) is 6.55. The number of carbonyl (C=O) groups excluding carboxylic acids is 1. The van der Waals surface area contributed by atoms with Crippen LogP contribution in [0.25, 0.3) is 0 Å². The number of aromatic nitrogens is 1. The maximum absolute atomic E-state index is 12.8. The van der Waals surface area contributed by atoms with Gasteiger partial charge in [0.2, 0.25) is 0 Å². The Morgan fingerprint density at radius 1 is 1.24 bits per heavy atom. The van der Waals surface area contributed by atoms with Crippen molar-refractivity contribution in [2.24, 2.45) is 5.92 Å². The molecule has 154 valence electrons. The minimum absolute atomic E-state index is 0.00172. The van der Waals surface area contributed by atoms with Gasteiger partial charge in [-0.2, -0.15) is 0 Å². The molecule has 1 aromatic carbocycles. The van der Waals surface area contributed by atoms with Gasteiger partial charge in [0.05, 0.1) is 17.0 Å². The molecule has 29 heavy (non-hydrogen) atoms. The summed E-state index contributed by atoms with van der Waals surface area (Å²) in [6, 6.07) is 10.6. The number of thioether (sulfide) groups is 1. The van der Waals surface area contributed by atoms with Crippen molar-refractivity contribution in [2.45, 2.75) is 56.9 Å². The summed E-state index contributed by atoms with van der Waals surface area (Å²) in [5.74, 6) is 0.708. The van der Waals surface area contributed by atoms with Crippen LogP contribution < -0.4 is 0 Å². The molecule has 2 unspecified atom stereocenters. The van der Waals surface area contributed by atoms with Gasteiger partial charge in [0.15, 0.2) is 0 Å². The summed E-state index contributed by atoms with van der Waals surface area (Å²) >= 11 is 3.50. The minimum Gasteiger partial charge on any atom is -0.444 e. The number of rotatable bonds is 3. The molecule has 6 heteroatoms. The lowest BCUT2D eigenvalue weighted by molar-refractivity contribution is 0.0208. The second-order valence-electron chi connectivity index (χ2n) is 8.82. The van der Waals surface area contributed by atoms with E-state index >= 15 is 0 Å². The number of thiazole rings is 1. The molecule has 0 N–H and O–H groups in total. The first-order valence-corrected chi connectivity index (χ1v) is 12.0. The largest absolute Gasteiger partial charge is 0.444 e. The molecule has 1 saturated heterocycles. The molecule has 3 heterocycles.